The number of amides is 1. The second-order valence-corrected chi connectivity index (χ2v) is 6.68. The van der Waals surface area contributed by atoms with E-state index < -0.39 is 5.91 Å². The van der Waals surface area contributed by atoms with Gasteiger partial charge >= 0.3 is 0 Å². The Morgan fingerprint density at radius 3 is 2.74 bits per heavy atom. The fourth-order valence-corrected chi connectivity index (χ4v) is 3.49. The van der Waals surface area contributed by atoms with E-state index in [0.29, 0.717) is 11.4 Å². The second kappa shape index (κ2) is 9.70. The Morgan fingerprint density at radius 2 is 2.15 bits per heavy atom. The largest absolute Gasteiger partial charge is 0.389 e. The van der Waals surface area contributed by atoms with Gasteiger partial charge in [0.25, 0.3) is 5.91 Å². The van der Waals surface area contributed by atoms with Crippen molar-refractivity contribution in [2.75, 3.05) is 7.05 Å². The molecule has 0 saturated carbocycles. The van der Waals surface area contributed by atoms with Crippen LogP contribution in [-0.4, -0.2) is 27.9 Å². The predicted octanol–water partition coefficient (Wildman–Crippen LogP) is 3.91. The van der Waals surface area contributed by atoms with Gasteiger partial charge in [-0.2, -0.15) is 5.10 Å². The Labute approximate surface area is 163 Å². The van der Waals surface area contributed by atoms with Crippen molar-refractivity contribution >= 4 is 17.2 Å². The van der Waals surface area contributed by atoms with Crippen LogP contribution >= 0.6 is 11.3 Å². The maximum atomic E-state index is 11.5. The summed E-state index contributed by atoms with van der Waals surface area (Å²) in [6, 6.07) is 5.38. The number of hydrogen-bond donors (Lipinski definition) is 3. The minimum atomic E-state index is -0.524. The van der Waals surface area contributed by atoms with Gasteiger partial charge < -0.3 is 5.32 Å². The van der Waals surface area contributed by atoms with Crippen molar-refractivity contribution in [3.63, 3.8) is 0 Å². The summed E-state index contributed by atoms with van der Waals surface area (Å²) >= 11 is 1.27. The van der Waals surface area contributed by atoms with Gasteiger partial charge in [-0.1, -0.05) is 30.9 Å². The van der Waals surface area contributed by atoms with Gasteiger partial charge in [0.1, 0.15) is 5.69 Å². The molecule has 0 radical (unpaired) electrons. The van der Waals surface area contributed by atoms with E-state index in [1.807, 2.05) is 68.2 Å². The molecular weight excluding hydrogens is 360 g/mol. The zero-order valence-corrected chi connectivity index (χ0v) is 16.5. The number of thiophene rings is 1. The third-order valence-electron chi connectivity index (χ3n) is 3.94. The molecule has 2 rings (SSSR count). The number of allylic oxidation sites excluding steroid dienone is 7. The van der Waals surface area contributed by atoms with E-state index in [2.05, 4.69) is 17.0 Å². The highest BCUT2D eigenvalue weighted by molar-refractivity contribution is 7.17. The summed E-state index contributed by atoms with van der Waals surface area (Å²) in [5, 5.41) is 16.6. The molecule has 2 aromatic heterocycles. The molecule has 0 spiro atoms. The van der Waals surface area contributed by atoms with Gasteiger partial charge in [0.15, 0.2) is 0 Å². The Kier molecular flexibility index (Phi) is 7.34. The van der Waals surface area contributed by atoms with Crippen LogP contribution in [0.1, 0.15) is 23.5 Å². The monoisotopic (exact) mass is 384 g/mol. The van der Waals surface area contributed by atoms with Crippen LogP contribution in [0.4, 0.5) is 0 Å². The van der Waals surface area contributed by atoms with Crippen molar-refractivity contribution in [3.05, 3.63) is 77.0 Å². The molecule has 0 unspecified atom stereocenters. The third kappa shape index (κ3) is 4.84. The molecule has 6 nitrogen and oxygen atoms in total. The lowest BCUT2D eigenvalue weighted by Crippen LogP contribution is -2.16. The third-order valence-corrected chi connectivity index (χ3v) is 5.05. The van der Waals surface area contributed by atoms with Gasteiger partial charge in [-0.15, -0.1) is 11.3 Å². The van der Waals surface area contributed by atoms with Gasteiger partial charge in [-0.3, -0.25) is 14.7 Å². The highest BCUT2D eigenvalue weighted by Gasteiger charge is 2.12. The predicted molar refractivity (Wildman–Crippen MR) is 110 cm³/mol. The summed E-state index contributed by atoms with van der Waals surface area (Å²) in [5.74, 6) is -0.524. The van der Waals surface area contributed by atoms with E-state index in [1.165, 1.54) is 11.3 Å². The van der Waals surface area contributed by atoms with Crippen molar-refractivity contribution < 1.29 is 10.0 Å². The maximum absolute atomic E-state index is 11.5. The van der Waals surface area contributed by atoms with E-state index in [1.54, 1.807) is 11.5 Å². The Morgan fingerprint density at radius 1 is 1.37 bits per heavy atom. The molecule has 2 heterocycles. The molecule has 7 heteroatoms. The first kappa shape index (κ1) is 20.4. The van der Waals surface area contributed by atoms with Gasteiger partial charge in [-0.25, -0.2) is 5.48 Å². The van der Waals surface area contributed by atoms with Gasteiger partial charge in [0.2, 0.25) is 0 Å². The number of aromatic nitrogens is 2. The maximum Gasteiger partial charge on any atom is 0.284 e. The van der Waals surface area contributed by atoms with E-state index in [9.17, 15) is 4.79 Å². The van der Waals surface area contributed by atoms with Gasteiger partial charge in [-0.05, 0) is 37.6 Å². The Hall–Kier alpha value is -2.90. The molecule has 3 N–H and O–H groups in total. The molecule has 0 saturated heterocycles. The fraction of sp³-hybridized carbons (Fsp3) is 0.200. The number of nitrogens with zero attached hydrogens (tertiary/aromatic N) is 2. The summed E-state index contributed by atoms with van der Waals surface area (Å²) in [5.41, 5.74) is 5.52. The minimum absolute atomic E-state index is 0.427. The molecule has 0 aromatic carbocycles. The molecule has 27 heavy (non-hydrogen) atoms. The zero-order valence-electron chi connectivity index (χ0n) is 15.7. The van der Waals surface area contributed by atoms with Crippen LogP contribution in [0.15, 0.2) is 72.1 Å². The van der Waals surface area contributed by atoms with Crippen molar-refractivity contribution in [1.82, 2.24) is 20.6 Å². The van der Waals surface area contributed by atoms with Crippen LogP contribution < -0.4 is 10.8 Å². The average molecular weight is 385 g/mol. The quantitative estimate of drug-likeness (QED) is 0.366. The fourth-order valence-electron chi connectivity index (χ4n) is 2.63. The van der Waals surface area contributed by atoms with Crippen molar-refractivity contribution in [2.24, 2.45) is 0 Å². The minimum Gasteiger partial charge on any atom is -0.389 e. The standard InChI is InChI=1S/C20H24N4O2S/c1-5-8-14(6-2)15(7-3)17(21-4)13-24-12-11-16(22-24)18-9-10-19(27-18)20(25)23-26/h5-12,21,26H,3,13H2,1-2,4H3,(H,23,25)/b8-5-,14-6-,17-15-. The van der Waals surface area contributed by atoms with Crippen LogP contribution in [0.5, 0.6) is 0 Å². The van der Waals surface area contributed by atoms with E-state index in [0.717, 1.165) is 27.4 Å². The molecule has 142 valence electrons. The summed E-state index contributed by atoms with van der Waals surface area (Å²) in [4.78, 5) is 12.8. The highest BCUT2D eigenvalue weighted by atomic mass is 32.1. The molecule has 0 aliphatic rings. The lowest BCUT2D eigenvalue weighted by atomic mass is 10.0. The SMILES string of the molecule is C=CC(/C(/C=C\C)=C\C)=C(\Cn1ccc(-c2ccc(C(=O)NO)s2)n1)NC. The molecule has 0 fully saturated rings. The topological polar surface area (TPSA) is 79.2 Å². The van der Waals surface area contributed by atoms with Crippen LogP contribution in [0, 0.1) is 0 Å². The number of carbonyl (C=O) groups is 1. The Balaban J connectivity index is 2.29. The summed E-state index contributed by atoms with van der Waals surface area (Å²) in [6.45, 7) is 8.48. The average Bonchev–Trinajstić information content (AvgIpc) is 3.35. The van der Waals surface area contributed by atoms with E-state index >= 15 is 0 Å². The summed E-state index contributed by atoms with van der Waals surface area (Å²) < 4.78 is 1.83. The first-order chi connectivity index (χ1) is 13.1. The molecule has 0 aliphatic heterocycles. The van der Waals surface area contributed by atoms with Crippen LogP contribution in [0.25, 0.3) is 10.6 Å². The van der Waals surface area contributed by atoms with Crippen molar-refractivity contribution in [3.8, 4) is 10.6 Å². The second-order valence-electron chi connectivity index (χ2n) is 5.59. The lowest BCUT2D eigenvalue weighted by Gasteiger charge is -2.14. The number of carbonyl (C=O) groups excluding carboxylic acids is 1. The lowest BCUT2D eigenvalue weighted by molar-refractivity contribution is 0.0711. The van der Waals surface area contributed by atoms with Crippen LogP contribution in [0.2, 0.25) is 0 Å². The molecule has 0 aliphatic carbocycles. The van der Waals surface area contributed by atoms with Crippen molar-refractivity contribution in [1.29, 1.82) is 0 Å². The zero-order chi connectivity index (χ0) is 19.8. The van der Waals surface area contributed by atoms with Crippen LogP contribution in [-0.2, 0) is 6.54 Å². The molecule has 2 aromatic rings. The number of nitrogens with one attached hydrogen (secondary N) is 2. The summed E-state index contributed by atoms with van der Waals surface area (Å²) in [7, 11) is 1.88. The smallest absolute Gasteiger partial charge is 0.284 e. The van der Waals surface area contributed by atoms with Crippen LogP contribution in [0.3, 0.4) is 0 Å². The molecule has 0 atom stereocenters. The highest BCUT2D eigenvalue weighted by Crippen LogP contribution is 2.27. The summed E-state index contributed by atoms with van der Waals surface area (Å²) in [6.07, 6.45) is 9.81. The van der Waals surface area contributed by atoms with Gasteiger partial charge in [0, 0.05) is 24.5 Å². The normalized spacial score (nSPS) is 12.8. The number of likely N-dealkylation sites (N-methyl/N-ethyl adjacent to an activating group) is 1. The Bertz CT molecular complexity index is 903. The first-order valence-corrected chi connectivity index (χ1v) is 9.30. The molecule has 0 bridgehead atoms. The van der Waals surface area contributed by atoms with E-state index in [-0.39, 0.29) is 0 Å². The number of hydrogen-bond acceptors (Lipinski definition) is 5. The number of hydroxylamine groups is 1. The van der Waals surface area contributed by atoms with Gasteiger partial charge in [0.05, 0.1) is 16.3 Å². The number of rotatable bonds is 8. The molecular formula is C20H24N4O2S. The van der Waals surface area contributed by atoms with E-state index in [4.69, 9.17) is 5.21 Å². The van der Waals surface area contributed by atoms with Crippen molar-refractivity contribution in [2.45, 2.75) is 20.4 Å². The molecule has 1 amide bonds. The first-order valence-electron chi connectivity index (χ1n) is 8.48.